The molecule has 0 bridgehead atoms. The van der Waals surface area contributed by atoms with Crippen LogP contribution in [0.25, 0.3) is 0 Å². The van der Waals surface area contributed by atoms with Crippen LogP contribution >= 0.6 is 0 Å². The van der Waals surface area contributed by atoms with Crippen molar-refractivity contribution in [1.82, 2.24) is 4.98 Å². The average molecular weight is 192 g/mol. The third-order valence-electron chi connectivity index (χ3n) is 2.05. The van der Waals surface area contributed by atoms with Gasteiger partial charge < -0.3 is 10.2 Å². The van der Waals surface area contributed by atoms with E-state index in [4.69, 9.17) is 5.73 Å². The van der Waals surface area contributed by atoms with Gasteiger partial charge in [0.25, 0.3) is 0 Å². The first-order valence-electron chi connectivity index (χ1n) is 3.74. The molecule has 72 valence electrons. The first-order valence-corrected chi connectivity index (χ1v) is 3.74. The quantitative estimate of drug-likeness (QED) is 0.735. The van der Waals surface area contributed by atoms with Crippen molar-refractivity contribution in [1.29, 1.82) is 0 Å². The molecule has 1 aromatic heterocycles. The number of alkyl halides is 3. The number of oxazole rings is 1. The number of halogens is 3. The second kappa shape index (κ2) is 2.25. The van der Waals surface area contributed by atoms with E-state index in [1.165, 1.54) is 0 Å². The number of aromatic nitrogens is 1. The molecule has 2 rings (SSSR count). The Balaban J connectivity index is 2.29. The van der Waals surface area contributed by atoms with Gasteiger partial charge in [-0.25, -0.2) is 4.98 Å². The molecule has 2 N–H and O–H groups in total. The standard InChI is InChI=1S/C7H7F3N2O/c8-7(9,10)5-12-4(3-13-5)6(11)1-2-6/h3H,1-2,11H2. The number of nitrogens with two attached hydrogens (primary N) is 1. The Morgan fingerprint density at radius 3 is 2.46 bits per heavy atom. The maximum absolute atomic E-state index is 12.0. The predicted octanol–water partition coefficient (Wildman–Crippen LogP) is 1.64. The van der Waals surface area contributed by atoms with Crippen molar-refractivity contribution in [3.05, 3.63) is 17.8 Å². The average Bonchev–Trinajstić information content (AvgIpc) is 2.60. The molecule has 0 amide bonds. The maximum atomic E-state index is 12.0. The topological polar surface area (TPSA) is 52.0 Å². The lowest BCUT2D eigenvalue weighted by Gasteiger charge is -2.01. The second-order valence-electron chi connectivity index (χ2n) is 3.19. The molecule has 1 fully saturated rings. The van der Waals surface area contributed by atoms with E-state index in [9.17, 15) is 13.2 Å². The lowest BCUT2D eigenvalue weighted by Crippen LogP contribution is -2.19. The molecule has 6 heteroatoms. The summed E-state index contributed by atoms with van der Waals surface area (Å²) in [6.07, 6.45) is -2.22. The van der Waals surface area contributed by atoms with Crippen molar-refractivity contribution in [2.24, 2.45) is 5.73 Å². The van der Waals surface area contributed by atoms with Crippen LogP contribution < -0.4 is 5.73 Å². The summed E-state index contributed by atoms with van der Waals surface area (Å²) in [5.74, 6) is -1.22. The van der Waals surface area contributed by atoms with Gasteiger partial charge in [-0.15, -0.1) is 0 Å². The highest BCUT2D eigenvalue weighted by molar-refractivity contribution is 5.19. The molecule has 0 aliphatic heterocycles. The van der Waals surface area contributed by atoms with E-state index in [2.05, 4.69) is 9.40 Å². The van der Waals surface area contributed by atoms with Crippen molar-refractivity contribution in [3.63, 3.8) is 0 Å². The Morgan fingerprint density at radius 1 is 1.46 bits per heavy atom. The molecule has 1 aromatic rings. The Hall–Kier alpha value is -1.04. The van der Waals surface area contributed by atoms with Gasteiger partial charge in [0.2, 0.25) is 0 Å². The van der Waals surface area contributed by atoms with Crippen LogP contribution in [0.15, 0.2) is 10.7 Å². The summed E-state index contributed by atoms with van der Waals surface area (Å²) in [5.41, 5.74) is 5.16. The number of rotatable bonds is 1. The third kappa shape index (κ3) is 1.41. The minimum absolute atomic E-state index is 0.194. The Labute approximate surface area is 71.7 Å². The summed E-state index contributed by atoms with van der Waals surface area (Å²) in [6.45, 7) is 0. The van der Waals surface area contributed by atoms with Crippen LogP contribution in [0.4, 0.5) is 13.2 Å². The zero-order chi connectivity index (χ0) is 9.69. The van der Waals surface area contributed by atoms with E-state index in [-0.39, 0.29) is 5.69 Å². The molecule has 0 spiro atoms. The third-order valence-corrected chi connectivity index (χ3v) is 2.05. The first kappa shape index (κ1) is 8.55. The summed E-state index contributed by atoms with van der Waals surface area (Å²) in [6, 6.07) is 0. The molecular weight excluding hydrogens is 185 g/mol. The van der Waals surface area contributed by atoms with E-state index in [0.29, 0.717) is 12.8 Å². The minimum Gasteiger partial charge on any atom is -0.441 e. The van der Waals surface area contributed by atoms with E-state index >= 15 is 0 Å². The first-order chi connectivity index (χ1) is 5.92. The van der Waals surface area contributed by atoms with Gasteiger partial charge in [-0.05, 0) is 12.8 Å². The molecule has 1 heterocycles. The van der Waals surface area contributed by atoms with Gasteiger partial charge in [0.15, 0.2) is 0 Å². The maximum Gasteiger partial charge on any atom is 0.468 e. The van der Waals surface area contributed by atoms with Crippen molar-refractivity contribution in [3.8, 4) is 0 Å². The molecule has 0 aromatic carbocycles. The molecule has 3 nitrogen and oxygen atoms in total. The lowest BCUT2D eigenvalue weighted by atomic mass is 10.2. The zero-order valence-electron chi connectivity index (χ0n) is 6.56. The Kier molecular flexibility index (Phi) is 1.48. The SMILES string of the molecule is NC1(c2coc(C(F)(F)F)n2)CC1. The summed E-state index contributed by atoms with van der Waals surface area (Å²) in [5, 5.41) is 0. The summed E-state index contributed by atoms with van der Waals surface area (Å²) in [4.78, 5) is 3.30. The van der Waals surface area contributed by atoms with Crippen molar-refractivity contribution in [2.75, 3.05) is 0 Å². The fraction of sp³-hybridized carbons (Fsp3) is 0.571. The van der Waals surface area contributed by atoms with Gasteiger partial charge in [-0.1, -0.05) is 0 Å². The minimum atomic E-state index is -4.52. The fourth-order valence-electron chi connectivity index (χ4n) is 1.02. The van der Waals surface area contributed by atoms with E-state index in [1.54, 1.807) is 0 Å². The second-order valence-corrected chi connectivity index (χ2v) is 3.19. The van der Waals surface area contributed by atoms with Gasteiger partial charge >= 0.3 is 12.1 Å². The van der Waals surface area contributed by atoms with Gasteiger partial charge in [-0.3, -0.25) is 0 Å². The zero-order valence-corrected chi connectivity index (χ0v) is 6.56. The van der Waals surface area contributed by atoms with E-state index in [0.717, 1.165) is 6.26 Å². The van der Waals surface area contributed by atoms with Crippen molar-refractivity contribution < 1.29 is 17.6 Å². The van der Waals surface area contributed by atoms with Crippen molar-refractivity contribution in [2.45, 2.75) is 24.6 Å². The molecular formula is C7H7F3N2O. The number of nitrogens with zero attached hydrogens (tertiary/aromatic N) is 1. The van der Waals surface area contributed by atoms with Crippen LogP contribution in [-0.4, -0.2) is 4.98 Å². The van der Waals surface area contributed by atoms with Gasteiger partial charge in [0.05, 0.1) is 11.2 Å². The lowest BCUT2D eigenvalue weighted by molar-refractivity contribution is -0.157. The van der Waals surface area contributed by atoms with Crippen LogP contribution in [0, 0.1) is 0 Å². The van der Waals surface area contributed by atoms with Crippen LogP contribution in [0.5, 0.6) is 0 Å². The fourth-order valence-corrected chi connectivity index (χ4v) is 1.02. The van der Waals surface area contributed by atoms with E-state index in [1.807, 2.05) is 0 Å². The normalized spacial score (nSPS) is 20.3. The molecule has 1 aliphatic carbocycles. The van der Waals surface area contributed by atoms with Gasteiger partial charge in [-0.2, -0.15) is 13.2 Å². The van der Waals surface area contributed by atoms with Crippen LogP contribution in [0.2, 0.25) is 0 Å². The highest BCUT2D eigenvalue weighted by Gasteiger charge is 2.45. The summed E-state index contributed by atoms with van der Waals surface area (Å²) in [7, 11) is 0. The monoisotopic (exact) mass is 192 g/mol. The molecule has 0 atom stereocenters. The Morgan fingerprint density at radius 2 is 2.08 bits per heavy atom. The number of hydrogen-bond acceptors (Lipinski definition) is 3. The summed E-state index contributed by atoms with van der Waals surface area (Å²) < 4.78 is 40.3. The smallest absolute Gasteiger partial charge is 0.441 e. The predicted molar refractivity (Wildman–Crippen MR) is 36.6 cm³/mol. The van der Waals surface area contributed by atoms with Crippen LogP contribution in [0.3, 0.4) is 0 Å². The van der Waals surface area contributed by atoms with Crippen LogP contribution in [-0.2, 0) is 11.7 Å². The van der Waals surface area contributed by atoms with E-state index < -0.39 is 17.6 Å². The highest BCUT2D eigenvalue weighted by atomic mass is 19.4. The number of hydrogen-bond donors (Lipinski definition) is 1. The molecule has 1 saturated carbocycles. The Bertz CT molecular complexity index is 307. The molecule has 0 radical (unpaired) electrons. The molecule has 1 aliphatic rings. The van der Waals surface area contributed by atoms with Gasteiger partial charge in [0, 0.05) is 0 Å². The van der Waals surface area contributed by atoms with Crippen molar-refractivity contribution >= 4 is 0 Å². The largest absolute Gasteiger partial charge is 0.468 e. The summed E-state index contributed by atoms with van der Waals surface area (Å²) >= 11 is 0. The van der Waals surface area contributed by atoms with Crippen LogP contribution in [0.1, 0.15) is 24.4 Å². The molecule has 0 saturated heterocycles. The highest BCUT2D eigenvalue weighted by Crippen LogP contribution is 2.43. The van der Waals surface area contributed by atoms with Gasteiger partial charge in [0.1, 0.15) is 6.26 Å². The molecule has 13 heavy (non-hydrogen) atoms. The molecule has 0 unspecified atom stereocenters.